The third-order valence-corrected chi connectivity index (χ3v) is 3.77. The zero-order valence-corrected chi connectivity index (χ0v) is 13.2. The van der Waals surface area contributed by atoms with Gasteiger partial charge in [-0.15, -0.1) is 0 Å². The first-order valence-corrected chi connectivity index (χ1v) is 7.71. The molecule has 1 amide bonds. The third kappa shape index (κ3) is 3.88. The van der Waals surface area contributed by atoms with E-state index < -0.39 is 23.7 Å². The smallest absolute Gasteiger partial charge is 0.305 e. The average molecular weight is 345 g/mol. The molecule has 0 spiro atoms. The number of aliphatic carboxylic acids is 1. The van der Waals surface area contributed by atoms with E-state index in [4.69, 9.17) is 14.6 Å². The molecule has 1 aliphatic rings. The minimum absolute atomic E-state index is 0.259. The number of rotatable bonds is 5. The van der Waals surface area contributed by atoms with Crippen LogP contribution in [-0.4, -0.2) is 30.2 Å². The van der Waals surface area contributed by atoms with Gasteiger partial charge in [0.25, 0.3) is 5.91 Å². The van der Waals surface area contributed by atoms with Crippen LogP contribution in [0.2, 0.25) is 0 Å². The molecule has 130 valence electrons. The summed E-state index contributed by atoms with van der Waals surface area (Å²) < 4.78 is 24.0. The lowest BCUT2D eigenvalue weighted by Crippen LogP contribution is -2.31. The van der Waals surface area contributed by atoms with Gasteiger partial charge in [-0.3, -0.25) is 9.59 Å². The average Bonchev–Trinajstić information content (AvgIpc) is 2.61. The van der Waals surface area contributed by atoms with Crippen molar-refractivity contribution in [1.82, 2.24) is 5.32 Å². The predicted molar refractivity (Wildman–Crippen MR) is 86.3 cm³/mol. The van der Waals surface area contributed by atoms with Gasteiger partial charge >= 0.3 is 5.97 Å². The summed E-state index contributed by atoms with van der Waals surface area (Å²) in [6.45, 7) is 0.725. The number of benzene rings is 2. The Morgan fingerprint density at radius 3 is 2.56 bits per heavy atom. The summed E-state index contributed by atoms with van der Waals surface area (Å²) in [4.78, 5) is 23.8. The van der Waals surface area contributed by atoms with Crippen molar-refractivity contribution in [3.05, 3.63) is 59.4 Å². The van der Waals surface area contributed by atoms with Gasteiger partial charge in [-0.05, 0) is 29.8 Å². The van der Waals surface area contributed by atoms with Crippen molar-refractivity contribution in [1.29, 1.82) is 0 Å². The van der Waals surface area contributed by atoms with Gasteiger partial charge in [0.05, 0.1) is 18.0 Å². The van der Waals surface area contributed by atoms with Gasteiger partial charge in [-0.1, -0.05) is 18.2 Å². The lowest BCUT2D eigenvalue weighted by Gasteiger charge is -2.22. The molecular formula is C18H16FNO5. The maximum absolute atomic E-state index is 13.1. The molecule has 0 bridgehead atoms. The highest BCUT2D eigenvalue weighted by atomic mass is 19.1. The van der Waals surface area contributed by atoms with E-state index >= 15 is 0 Å². The summed E-state index contributed by atoms with van der Waals surface area (Å²) in [5.41, 5.74) is 0.758. The molecule has 3 rings (SSSR count). The largest absolute Gasteiger partial charge is 0.486 e. The molecule has 1 heterocycles. The van der Waals surface area contributed by atoms with Crippen molar-refractivity contribution in [2.45, 2.75) is 12.5 Å². The molecule has 0 radical (unpaired) electrons. The quantitative estimate of drug-likeness (QED) is 0.870. The number of carboxylic acids is 1. The molecule has 6 nitrogen and oxygen atoms in total. The fourth-order valence-electron chi connectivity index (χ4n) is 2.61. The molecular weight excluding hydrogens is 329 g/mol. The van der Waals surface area contributed by atoms with E-state index in [9.17, 15) is 14.0 Å². The summed E-state index contributed by atoms with van der Waals surface area (Å²) in [5, 5.41) is 11.8. The third-order valence-electron chi connectivity index (χ3n) is 3.77. The van der Waals surface area contributed by atoms with Gasteiger partial charge in [0.1, 0.15) is 19.0 Å². The SMILES string of the molecule is O=C(O)C[C@H](NC(=O)c1cccc2c1OCCO2)c1ccc(F)cc1. The monoisotopic (exact) mass is 345 g/mol. The molecule has 0 unspecified atom stereocenters. The summed E-state index contributed by atoms with van der Waals surface area (Å²) in [6, 6.07) is 9.46. The molecule has 25 heavy (non-hydrogen) atoms. The summed E-state index contributed by atoms with van der Waals surface area (Å²) in [6.07, 6.45) is -0.330. The van der Waals surface area contributed by atoms with E-state index in [1.165, 1.54) is 24.3 Å². The lowest BCUT2D eigenvalue weighted by atomic mass is 10.0. The van der Waals surface area contributed by atoms with E-state index in [0.717, 1.165) is 0 Å². The predicted octanol–water partition coefficient (Wildman–Crippen LogP) is 2.54. The van der Waals surface area contributed by atoms with Crippen molar-refractivity contribution >= 4 is 11.9 Å². The highest BCUT2D eigenvalue weighted by Crippen LogP contribution is 2.34. The highest BCUT2D eigenvalue weighted by molar-refractivity contribution is 5.98. The fourth-order valence-corrected chi connectivity index (χ4v) is 2.61. The zero-order chi connectivity index (χ0) is 17.8. The Bertz CT molecular complexity index is 791. The second kappa shape index (κ2) is 7.21. The van der Waals surface area contributed by atoms with Gasteiger partial charge in [-0.25, -0.2) is 4.39 Å². The van der Waals surface area contributed by atoms with Crippen LogP contribution in [0.1, 0.15) is 28.4 Å². The maximum atomic E-state index is 13.1. The second-order valence-electron chi connectivity index (χ2n) is 5.51. The Morgan fingerprint density at radius 1 is 1.12 bits per heavy atom. The number of nitrogens with one attached hydrogen (secondary N) is 1. The number of amides is 1. The Balaban J connectivity index is 1.85. The first kappa shape index (κ1) is 16.8. The van der Waals surface area contributed by atoms with Gasteiger partial charge in [-0.2, -0.15) is 0 Å². The molecule has 0 aromatic heterocycles. The molecule has 0 aliphatic carbocycles. The Morgan fingerprint density at radius 2 is 1.84 bits per heavy atom. The van der Waals surface area contributed by atoms with Gasteiger partial charge in [0, 0.05) is 0 Å². The highest BCUT2D eigenvalue weighted by Gasteiger charge is 2.24. The molecule has 1 aliphatic heterocycles. The van der Waals surface area contributed by atoms with Crippen LogP contribution in [-0.2, 0) is 4.79 Å². The molecule has 2 aromatic carbocycles. The van der Waals surface area contributed by atoms with E-state index in [1.807, 2.05) is 0 Å². The Kier molecular flexibility index (Phi) is 4.83. The van der Waals surface area contributed by atoms with Gasteiger partial charge in [0.2, 0.25) is 0 Å². The van der Waals surface area contributed by atoms with Crippen molar-refractivity contribution < 1.29 is 28.6 Å². The van der Waals surface area contributed by atoms with E-state index in [-0.39, 0.29) is 12.0 Å². The molecule has 1 atom stereocenters. The van der Waals surface area contributed by atoms with Crippen molar-refractivity contribution in [3.63, 3.8) is 0 Å². The van der Waals surface area contributed by atoms with Crippen LogP contribution in [0, 0.1) is 5.82 Å². The van der Waals surface area contributed by atoms with Crippen molar-refractivity contribution in [2.24, 2.45) is 0 Å². The topological polar surface area (TPSA) is 84.9 Å². The molecule has 7 heteroatoms. The van der Waals surface area contributed by atoms with Crippen LogP contribution in [0.3, 0.4) is 0 Å². The number of halogens is 1. The normalized spacial score (nSPS) is 13.8. The zero-order valence-electron chi connectivity index (χ0n) is 13.2. The van der Waals surface area contributed by atoms with Crippen LogP contribution >= 0.6 is 0 Å². The summed E-state index contributed by atoms with van der Waals surface area (Å²) >= 11 is 0. The number of hydrogen-bond donors (Lipinski definition) is 2. The standard InChI is InChI=1S/C18H16FNO5/c19-12-6-4-11(5-7-12)14(10-16(21)22)20-18(23)13-2-1-3-15-17(13)25-9-8-24-15/h1-7,14H,8-10H2,(H,20,23)(H,21,22)/t14-/m0/s1. The van der Waals surface area contributed by atoms with Gasteiger partial charge in [0.15, 0.2) is 11.5 Å². The van der Waals surface area contributed by atoms with Crippen molar-refractivity contribution in [3.8, 4) is 11.5 Å². The summed E-state index contributed by atoms with van der Waals surface area (Å²) in [5.74, 6) is -1.20. The molecule has 0 saturated heterocycles. The number of fused-ring (bicyclic) bond motifs is 1. The number of carbonyl (C=O) groups excluding carboxylic acids is 1. The number of hydrogen-bond acceptors (Lipinski definition) is 4. The minimum atomic E-state index is -1.08. The van der Waals surface area contributed by atoms with E-state index in [1.54, 1.807) is 18.2 Å². The lowest BCUT2D eigenvalue weighted by molar-refractivity contribution is -0.137. The van der Waals surface area contributed by atoms with E-state index in [2.05, 4.69) is 5.32 Å². The molecule has 2 N–H and O–H groups in total. The summed E-state index contributed by atoms with van der Waals surface area (Å²) in [7, 11) is 0. The van der Waals surface area contributed by atoms with Crippen LogP contribution in [0.5, 0.6) is 11.5 Å². The minimum Gasteiger partial charge on any atom is -0.486 e. The molecule has 0 fully saturated rings. The Hall–Kier alpha value is -3.09. The number of para-hydroxylation sites is 1. The fraction of sp³-hybridized carbons (Fsp3) is 0.222. The maximum Gasteiger partial charge on any atom is 0.305 e. The van der Waals surface area contributed by atoms with Crippen LogP contribution in [0.4, 0.5) is 4.39 Å². The van der Waals surface area contributed by atoms with Crippen LogP contribution < -0.4 is 14.8 Å². The number of carboxylic acid groups (broad SMARTS) is 1. The van der Waals surface area contributed by atoms with Crippen molar-refractivity contribution in [2.75, 3.05) is 13.2 Å². The number of carbonyl (C=O) groups is 2. The number of ether oxygens (including phenoxy) is 2. The van der Waals surface area contributed by atoms with Crippen LogP contribution in [0.15, 0.2) is 42.5 Å². The molecule has 0 saturated carbocycles. The Labute approximate surface area is 143 Å². The molecule has 2 aromatic rings. The van der Waals surface area contributed by atoms with E-state index in [0.29, 0.717) is 30.3 Å². The van der Waals surface area contributed by atoms with Crippen LogP contribution in [0.25, 0.3) is 0 Å². The second-order valence-corrected chi connectivity index (χ2v) is 5.51. The first-order valence-electron chi connectivity index (χ1n) is 7.71. The van der Waals surface area contributed by atoms with Gasteiger partial charge < -0.3 is 19.9 Å². The first-order chi connectivity index (χ1) is 12.0.